The first-order chi connectivity index (χ1) is 7.63. The predicted molar refractivity (Wildman–Crippen MR) is 62.4 cm³/mol. The highest BCUT2D eigenvalue weighted by molar-refractivity contribution is 5.72. The molecule has 4 nitrogen and oxygen atoms in total. The van der Waals surface area contributed by atoms with Gasteiger partial charge in [-0.25, -0.2) is 0 Å². The number of nitrogen functional groups attached to an aromatic ring is 1. The van der Waals surface area contributed by atoms with E-state index in [0.717, 1.165) is 22.4 Å². The van der Waals surface area contributed by atoms with Crippen LogP contribution in [0.1, 0.15) is 11.1 Å². The van der Waals surface area contributed by atoms with Gasteiger partial charge in [0.2, 0.25) is 0 Å². The van der Waals surface area contributed by atoms with Crippen molar-refractivity contribution in [2.24, 2.45) is 0 Å². The number of anilines is 1. The Bertz CT molecular complexity index is 494. The first-order valence-electron chi connectivity index (χ1n) is 4.99. The molecule has 0 saturated heterocycles. The molecule has 0 spiro atoms. The van der Waals surface area contributed by atoms with E-state index in [1.807, 2.05) is 26.0 Å². The third kappa shape index (κ3) is 1.62. The number of nitrogens with zero attached hydrogens (tertiary/aromatic N) is 1. The normalized spacial score (nSPS) is 10.4. The van der Waals surface area contributed by atoms with Crippen molar-refractivity contribution < 1.29 is 9.26 Å². The highest BCUT2D eigenvalue weighted by atomic mass is 16.5. The molecule has 0 saturated carbocycles. The molecular formula is C12H14N2O2. The van der Waals surface area contributed by atoms with Crippen LogP contribution in [0.2, 0.25) is 0 Å². The van der Waals surface area contributed by atoms with Crippen LogP contribution in [0.4, 0.5) is 5.69 Å². The molecule has 2 N–H and O–H groups in total. The molecule has 0 bridgehead atoms. The van der Waals surface area contributed by atoms with Gasteiger partial charge >= 0.3 is 0 Å². The molecule has 2 rings (SSSR count). The van der Waals surface area contributed by atoms with Crippen LogP contribution in [0.25, 0.3) is 11.3 Å². The molecule has 1 aromatic heterocycles. The number of benzene rings is 1. The first kappa shape index (κ1) is 10.5. The van der Waals surface area contributed by atoms with Crippen LogP contribution < -0.4 is 10.5 Å². The van der Waals surface area contributed by atoms with Crippen LogP contribution in [0.15, 0.2) is 22.9 Å². The fourth-order valence-corrected chi connectivity index (χ4v) is 1.87. The van der Waals surface area contributed by atoms with E-state index in [-0.39, 0.29) is 0 Å². The lowest BCUT2D eigenvalue weighted by atomic mass is 10.0. The Hall–Kier alpha value is -1.97. The molecule has 4 heteroatoms. The minimum absolute atomic E-state index is 0.545. The van der Waals surface area contributed by atoms with Crippen molar-refractivity contribution in [2.75, 3.05) is 12.8 Å². The van der Waals surface area contributed by atoms with Crippen molar-refractivity contribution in [1.29, 1.82) is 0 Å². The number of nitrogens with two attached hydrogens (primary N) is 1. The van der Waals surface area contributed by atoms with Gasteiger partial charge in [-0.2, -0.15) is 0 Å². The summed E-state index contributed by atoms with van der Waals surface area (Å²) in [4.78, 5) is 0. The molecule has 0 atom stereocenters. The van der Waals surface area contributed by atoms with Crippen molar-refractivity contribution in [1.82, 2.24) is 5.16 Å². The van der Waals surface area contributed by atoms with Crippen LogP contribution in [0, 0.1) is 13.8 Å². The van der Waals surface area contributed by atoms with Crippen molar-refractivity contribution in [2.45, 2.75) is 13.8 Å². The minimum Gasteiger partial charge on any atom is -0.496 e. The third-order valence-electron chi connectivity index (χ3n) is 2.52. The van der Waals surface area contributed by atoms with E-state index in [9.17, 15) is 0 Å². The Kier molecular flexibility index (Phi) is 2.56. The summed E-state index contributed by atoms with van der Waals surface area (Å²) >= 11 is 0. The van der Waals surface area contributed by atoms with E-state index in [1.165, 1.54) is 6.20 Å². The molecule has 84 valence electrons. The van der Waals surface area contributed by atoms with Crippen LogP contribution in [-0.4, -0.2) is 12.3 Å². The molecule has 0 aliphatic heterocycles. The number of methoxy groups -OCH3 is 1. The zero-order valence-corrected chi connectivity index (χ0v) is 9.57. The lowest BCUT2D eigenvalue weighted by molar-refractivity contribution is 0.408. The number of aromatic nitrogens is 1. The maximum Gasteiger partial charge on any atom is 0.189 e. The number of hydrogen-bond acceptors (Lipinski definition) is 4. The largest absolute Gasteiger partial charge is 0.496 e. The quantitative estimate of drug-likeness (QED) is 0.841. The summed E-state index contributed by atoms with van der Waals surface area (Å²) in [7, 11) is 1.66. The minimum atomic E-state index is 0.545. The molecule has 0 radical (unpaired) electrons. The predicted octanol–water partition coefficient (Wildman–Crippen LogP) is 2.55. The third-order valence-corrected chi connectivity index (χ3v) is 2.52. The zero-order valence-electron chi connectivity index (χ0n) is 9.57. The molecule has 0 amide bonds. The second kappa shape index (κ2) is 3.89. The average molecular weight is 218 g/mol. The molecular weight excluding hydrogens is 204 g/mol. The van der Waals surface area contributed by atoms with Gasteiger partial charge in [0.25, 0.3) is 0 Å². The van der Waals surface area contributed by atoms with Crippen LogP contribution in [0.5, 0.6) is 5.75 Å². The summed E-state index contributed by atoms with van der Waals surface area (Å²) in [5.41, 5.74) is 9.32. The first-order valence-corrected chi connectivity index (χ1v) is 4.99. The number of ether oxygens (including phenoxy) is 1. The standard InChI is InChI=1S/C12H14N2O2/c1-7-4-9(5-8(2)11(7)15-3)12-10(13)6-14-16-12/h4-6H,13H2,1-3H3. The van der Waals surface area contributed by atoms with Gasteiger partial charge in [0.05, 0.1) is 13.3 Å². The lowest BCUT2D eigenvalue weighted by Crippen LogP contribution is -1.93. The van der Waals surface area contributed by atoms with Gasteiger partial charge in [-0.15, -0.1) is 0 Å². The summed E-state index contributed by atoms with van der Waals surface area (Å²) in [6, 6.07) is 3.95. The van der Waals surface area contributed by atoms with Crippen molar-refractivity contribution in [3.8, 4) is 17.1 Å². The van der Waals surface area contributed by atoms with Crippen LogP contribution in [-0.2, 0) is 0 Å². The van der Waals surface area contributed by atoms with Gasteiger partial charge in [-0.3, -0.25) is 0 Å². The highest BCUT2D eigenvalue weighted by Gasteiger charge is 2.12. The molecule has 16 heavy (non-hydrogen) atoms. The van der Waals surface area contributed by atoms with Gasteiger partial charge in [-0.05, 0) is 37.1 Å². The van der Waals surface area contributed by atoms with Gasteiger partial charge in [0, 0.05) is 5.56 Å². The zero-order chi connectivity index (χ0) is 11.7. The molecule has 2 aromatic rings. The number of hydrogen-bond donors (Lipinski definition) is 1. The van der Waals surface area contributed by atoms with Crippen molar-refractivity contribution >= 4 is 5.69 Å². The fraction of sp³-hybridized carbons (Fsp3) is 0.250. The Morgan fingerprint density at radius 2 is 1.88 bits per heavy atom. The van der Waals surface area contributed by atoms with E-state index in [4.69, 9.17) is 15.0 Å². The summed E-state index contributed by atoms with van der Waals surface area (Å²) in [6.45, 7) is 3.98. The Labute approximate surface area is 94.0 Å². The SMILES string of the molecule is COc1c(C)cc(-c2oncc2N)cc1C. The van der Waals surface area contributed by atoms with Gasteiger partial charge < -0.3 is 15.0 Å². The average Bonchev–Trinajstić information content (AvgIpc) is 2.64. The molecule has 0 aliphatic carbocycles. The number of rotatable bonds is 2. The molecule has 1 heterocycles. The van der Waals surface area contributed by atoms with E-state index < -0.39 is 0 Å². The maximum atomic E-state index is 5.76. The molecule has 0 aliphatic rings. The molecule has 0 fully saturated rings. The maximum absolute atomic E-state index is 5.76. The summed E-state index contributed by atoms with van der Waals surface area (Å²) in [5, 5.41) is 3.67. The Balaban J connectivity index is 2.57. The van der Waals surface area contributed by atoms with Gasteiger partial charge in [0.1, 0.15) is 11.4 Å². The smallest absolute Gasteiger partial charge is 0.189 e. The van der Waals surface area contributed by atoms with Crippen LogP contribution in [0.3, 0.4) is 0 Å². The van der Waals surface area contributed by atoms with E-state index in [1.54, 1.807) is 7.11 Å². The monoisotopic (exact) mass is 218 g/mol. The Morgan fingerprint density at radius 1 is 1.25 bits per heavy atom. The topological polar surface area (TPSA) is 61.3 Å². The second-order valence-electron chi connectivity index (χ2n) is 3.75. The lowest BCUT2D eigenvalue weighted by Gasteiger charge is -2.10. The van der Waals surface area contributed by atoms with E-state index in [0.29, 0.717) is 11.4 Å². The summed E-state index contributed by atoms with van der Waals surface area (Å²) in [6.07, 6.45) is 1.50. The second-order valence-corrected chi connectivity index (χ2v) is 3.75. The van der Waals surface area contributed by atoms with Crippen LogP contribution >= 0.6 is 0 Å². The Morgan fingerprint density at radius 3 is 2.31 bits per heavy atom. The summed E-state index contributed by atoms with van der Waals surface area (Å²) < 4.78 is 10.4. The van der Waals surface area contributed by atoms with Gasteiger partial charge in [0.15, 0.2) is 5.76 Å². The summed E-state index contributed by atoms with van der Waals surface area (Å²) in [5.74, 6) is 1.50. The number of aryl methyl sites for hydroxylation is 2. The van der Waals surface area contributed by atoms with Crippen molar-refractivity contribution in [3.05, 3.63) is 29.5 Å². The van der Waals surface area contributed by atoms with E-state index in [2.05, 4.69) is 5.16 Å². The molecule has 0 unspecified atom stereocenters. The highest BCUT2D eigenvalue weighted by Crippen LogP contribution is 2.32. The molecule has 1 aromatic carbocycles. The fourth-order valence-electron chi connectivity index (χ4n) is 1.87. The van der Waals surface area contributed by atoms with Crippen molar-refractivity contribution in [3.63, 3.8) is 0 Å². The van der Waals surface area contributed by atoms with Gasteiger partial charge in [-0.1, -0.05) is 5.16 Å². The van der Waals surface area contributed by atoms with E-state index >= 15 is 0 Å².